The van der Waals surface area contributed by atoms with Gasteiger partial charge >= 0.3 is 6.18 Å². The van der Waals surface area contributed by atoms with Crippen molar-refractivity contribution in [1.82, 2.24) is 4.90 Å². The number of rotatable bonds is 4. The van der Waals surface area contributed by atoms with E-state index in [0.29, 0.717) is 13.0 Å². The summed E-state index contributed by atoms with van der Waals surface area (Å²) in [6, 6.07) is 2.71. The van der Waals surface area contributed by atoms with Crippen LogP contribution in [0.1, 0.15) is 16.8 Å². The number of carbonyl (C=O) groups is 1. The van der Waals surface area contributed by atoms with Gasteiger partial charge in [0.2, 0.25) is 0 Å². The van der Waals surface area contributed by atoms with Gasteiger partial charge in [-0.1, -0.05) is 0 Å². The fraction of sp³-hybridized carbons (Fsp3) is 0.462. The van der Waals surface area contributed by atoms with Crippen molar-refractivity contribution in [3.8, 4) is 5.75 Å². The van der Waals surface area contributed by atoms with Crippen LogP contribution < -0.4 is 10.5 Å². The maximum Gasteiger partial charge on any atom is 0.422 e. The second kappa shape index (κ2) is 6.41. The standard InChI is InChI=1S/C13H14F3N3O4/c14-13(15,16)7-23-9-1-2-11(19(21)22)10(5-9)12(20)18-4-3-8(17)6-18/h1-2,5,8H,3-4,6-7,17H2/t8-/m1/s1. The number of ether oxygens (including phenoxy) is 1. The van der Waals surface area contributed by atoms with Gasteiger partial charge in [-0.05, 0) is 18.6 Å². The monoisotopic (exact) mass is 333 g/mol. The Kier molecular flexibility index (Phi) is 4.73. The molecule has 1 aromatic rings. The number of likely N-dealkylation sites (tertiary alicyclic amines) is 1. The molecule has 1 atom stereocenters. The predicted molar refractivity (Wildman–Crippen MR) is 73.1 cm³/mol. The Morgan fingerprint density at radius 1 is 1.48 bits per heavy atom. The third kappa shape index (κ3) is 4.31. The maximum atomic E-state index is 12.4. The second-order valence-corrected chi connectivity index (χ2v) is 5.14. The van der Waals surface area contributed by atoms with Gasteiger partial charge in [0, 0.05) is 25.2 Å². The molecule has 0 saturated carbocycles. The van der Waals surface area contributed by atoms with E-state index in [4.69, 9.17) is 5.73 Å². The third-order valence-electron chi connectivity index (χ3n) is 3.31. The van der Waals surface area contributed by atoms with Crippen LogP contribution in [-0.2, 0) is 0 Å². The molecular weight excluding hydrogens is 319 g/mol. The Labute approximate surface area is 129 Å². The molecule has 7 nitrogen and oxygen atoms in total. The summed E-state index contributed by atoms with van der Waals surface area (Å²) in [6.07, 6.45) is -3.99. The van der Waals surface area contributed by atoms with Crippen LogP contribution in [0, 0.1) is 10.1 Å². The van der Waals surface area contributed by atoms with Crippen LogP contribution in [0.4, 0.5) is 18.9 Å². The summed E-state index contributed by atoms with van der Waals surface area (Å²) in [5.74, 6) is -0.915. The Balaban J connectivity index is 2.27. The number of benzene rings is 1. The highest BCUT2D eigenvalue weighted by Gasteiger charge is 2.31. The van der Waals surface area contributed by atoms with Gasteiger partial charge < -0.3 is 15.4 Å². The molecule has 0 radical (unpaired) electrons. The molecule has 2 N–H and O–H groups in total. The lowest BCUT2D eigenvalue weighted by atomic mass is 10.1. The van der Waals surface area contributed by atoms with Crippen LogP contribution in [0.15, 0.2) is 18.2 Å². The minimum atomic E-state index is -4.55. The van der Waals surface area contributed by atoms with Gasteiger partial charge in [0.15, 0.2) is 6.61 Å². The topological polar surface area (TPSA) is 98.7 Å². The number of nitro benzene ring substituents is 1. The van der Waals surface area contributed by atoms with Crippen molar-refractivity contribution in [2.45, 2.75) is 18.6 Å². The van der Waals surface area contributed by atoms with E-state index in [1.165, 1.54) is 4.90 Å². The molecule has 1 aromatic carbocycles. The fourth-order valence-electron chi connectivity index (χ4n) is 2.24. The molecule has 1 amide bonds. The van der Waals surface area contributed by atoms with Crippen molar-refractivity contribution >= 4 is 11.6 Å². The molecule has 1 aliphatic rings. The van der Waals surface area contributed by atoms with Gasteiger partial charge in [-0.2, -0.15) is 13.2 Å². The number of nitro groups is 1. The SMILES string of the molecule is N[C@@H]1CCN(C(=O)c2cc(OCC(F)(F)F)ccc2[N+](=O)[O-])C1. The number of hydrogen-bond acceptors (Lipinski definition) is 5. The first kappa shape index (κ1) is 17.0. The molecule has 1 aliphatic heterocycles. The smallest absolute Gasteiger partial charge is 0.422 e. The number of amides is 1. The first-order valence-corrected chi connectivity index (χ1v) is 6.70. The number of halogens is 3. The number of carbonyl (C=O) groups excluding carboxylic acids is 1. The quantitative estimate of drug-likeness (QED) is 0.668. The fourth-order valence-corrected chi connectivity index (χ4v) is 2.24. The van der Waals surface area contributed by atoms with E-state index < -0.39 is 29.3 Å². The van der Waals surface area contributed by atoms with E-state index in [1.807, 2.05) is 0 Å². The number of alkyl halides is 3. The average molecular weight is 333 g/mol. The average Bonchev–Trinajstić information content (AvgIpc) is 2.89. The molecule has 10 heteroatoms. The van der Waals surface area contributed by atoms with Gasteiger partial charge in [0.05, 0.1) is 4.92 Å². The lowest BCUT2D eigenvalue weighted by molar-refractivity contribution is -0.385. The minimum Gasteiger partial charge on any atom is -0.484 e. The largest absolute Gasteiger partial charge is 0.484 e. The van der Waals surface area contributed by atoms with Gasteiger partial charge in [-0.25, -0.2) is 0 Å². The van der Waals surface area contributed by atoms with E-state index in [0.717, 1.165) is 18.2 Å². The van der Waals surface area contributed by atoms with E-state index in [1.54, 1.807) is 0 Å². The van der Waals surface area contributed by atoms with Crippen molar-refractivity contribution in [1.29, 1.82) is 0 Å². The van der Waals surface area contributed by atoms with Crippen LogP contribution in [-0.4, -0.2) is 47.6 Å². The molecule has 2 rings (SSSR count). The first-order chi connectivity index (χ1) is 10.7. The normalized spacial score (nSPS) is 18.1. The van der Waals surface area contributed by atoms with Crippen LogP contribution in [0.5, 0.6) is 5.75 Å². The van der Waals surface area contributed by atoms with Crippen molar-refractivity contribution in [2.75, 3.05) is 19.7 Å². The van der Waals surface area contributed by atoms with Crippen LogP contribution in [0.3, 0.4) is 0 Å². The zero-order valence-electron chi connectivity index (χ0n) is 11.9. The highest BCUT2D eigenvalue weighted by molar-refractivity contribution is 5.98. The molecular formula is C13H14F3N3O4. The summed E-state index contributed by atoms with van der Waals surface area (Å²) in [7, 11) is 0. The van der Waals surface area contributed by atoms with Crippen molar-refractivity contribution < 1.29 is 27.6 Å². The predicted octanol–water partition coefficient (Wildman–Crippen LogP) is 1.71. The molecule has 126 valence electrons. The molecule has 0 spiro atoms. The van der Waals surface area contributed by atoms with Gasteiger partial charge in [0.25, 0.3) is 11.6 Å². The highest BCUT2D eigenvalue weighted by Crippen LogP contribution is 2.27. The highest BCUT2D eigenvalue weighted by atomic mass is 19.4. The number of nitrogens with two attached hydrogens (primary N) is 1. The zero-order valence-corrected chi connectivity index (χ0v) is 11.9. The number of nitrogens with zero attached hydrogens (tertiary/aromatic N) is 2. The minimum absolute atomic E-state index is 0.220. The summed E-state index contributed by atoms with van der Waals surface area (Å²) in [5.41, 5.74) is 4.88. The summed E-state index contributed by atoms with van der Waals surface area (Å²) in [5, 5.41) is 11.0. The van der Waals surface area contributed by atoms with Gasteiger partial charge in [0.1, 0.15) is 11.3 Å². The molecule has 1 fully saturated rings. The Hall–Kier alpha value is -2.36. The number of hydrogen-bond donors (Lipinski definition) is 1. The Morgan fingerprint density at radius 2 is 2.17 bits per heavy atom. The lowest BCUT2D eigenvalue weighted by Gasteiger charge is -2.16. The first-order valence-electron chi connectivity index (χ1n) is 6.70. The molecule has 0 unspecified atom stereocenters. The molecule has 1 heterocycles. The van der Waals surface area contributed by atoms with Crippen molar-refractivity contribution in [3.05, 3.63) is 33.9 Å². The van der Waals surface area contributed by atoms with E-state index in [2.05, 4.69) is 4.74 Å². The van der Waals surface area contributed by atoms with Crippen LogP contribution in [0.2, 0.25) is 0 Å². The van der Waals surface area contributed by atoms with Crippen LogP contribution in [0.25, 0.3) is 0 Å². The van der Waals surface area contributed by atoms with E-state index in [9.17, 15) is 28.1 Å². The van der Waals surface area contributed by atoms with E-state index in [-0.39, 0.29) is 23.9 Å². The maximum absolute atomic E-state index is 12.4. The molecule has 0 bridgehead atoms. The summed E-state index contributed by atoms with van der Waals surface area (Å²) in [4.78, 5) is 23.9. The molecule has 0 aliphatic carbocycles. The Morgan fingerprint density at radius 3 is 2.70 bits per heavy atom. The lowest BCUT2D eigenvalue weighted by Crippen LogP contribution is -2.32. The molecule has 1 saturated heterocycles. The van der Waals surface area contributed by atoms with Crippen LogP contribution >= 0.6 is 0 Å². The zero-order chi connectivity index (χ0) is 17.2. The second-order valence-electron chi connectivity index (χ2n) is 5.14. The van der Waals surface area contributed by atoms with Crippen molar-refractivity contribution in [3.63, 3.8) is 0 Å². The Bertz CT molecular complexity index is 621. The summed E-state index contributed by atoms with van der Waals surface area (Å²) >= 11 is 0. The van der Waals surface area contributed by atoms with Gasteiger partial charge in [-0.3, -0.25) is 14.9 Å². The summed E-state index contributed by atoms with van der Waals surface area (Å²) < 4.78 is 41.1. The third-order valence-corrected chi connectivity index (χ3v) is 3.31. The van der Waals surface area contributed by atoms with E-state index >= 15 is 0 Å². The van der Waals surface area contributed by atoms with Crippen molar-refractivity contribution in [2.24, 2.45) is 5.73 Å². The summed E-state index contributed by atoms with van der Waals surface area (Å²) in [6.45, 7) is -0.971. The molecule has 23 heavy (non-hydrogen) atoms. The molecule has 0 aromatic heterocycles. The van der Waals surface area contributed by atoms with Gasteiger partial charge in [-0.15, -0.1) is 0 Å².